The molecular weight excluding hydrogens is 233 g/mol. The van der Waals surface area contributed by atoms with Crippen LogP contribution >= 0.6 is 0 Å². The summed E-state index contributed by atoms with van der Waals surface area (Å²) in [5.41, 5.74) is 0.243. The lowest BCUT2D eigenvalue weighted by molar-refractivity contribution is -0.127. The summed E-state index contributed by atoms with van der Waals surface area (Å²) >= 11 is 0. The van der Waals surface area contributed by atoms with Crippen LogP contribution in [0.25, 0.3) is 0 Å². The Bertz CT molecular complexity index is 398. The Morgan fingerprint density at radius 3 is 2.24 bits per heavy atom. The summed E-state index contributed by atoms with van der Waals surface area (Å²) in [4.78, 5) is 12.6. The Labute approximate surface area is 97.2 Å². The van der Waals surface area contributed by atoms with Crippen molar-refractivity contribution in [1.29, 1.82) is 0 Å². The van der Waals surface area contributed by atoms with Crippen molar-refractivity contribution in [3.8, 4) is 0 Å². The van der Waals surface area contributed by atoms with E-state index in [9.17, 15) is 18.0 Å². The van der Waals surface area contributed by atoms with E-state index in [2.05, 4.69) is 5.32 Å². The number of amides is 1. The van der Waals surface area contributed by atoms with Gasteiger partial charge in [-0.05, 0) is 17.7 Å². The van der Waals surface area contributed by atoms with E-state index >= 15 is 0 Å². The second-order valence-electron chi connectivity index (χ2n) is 3.77. The minimum atomic E-state index is -1.49. The van der Waals surface area contributed by atoms with Gasteiger partial charge in [-0.15, -0.1) is 0 Å². The summed E-state index contributed by atoms with van der Waals surface area (Å²) in [6.07, 6.45) is 0. The molecule has 0 atom stereocenters. The quantitative estimate of drug-likeness (QED) is 0.812. The zero-order chi connectivity index (χ0) is 13.0. The van der Waals surface area contributed by atoms with Gasteiger partial charge in [0.05, 0.1) is 6.54 Å². The zero-order valence-corrected chi connectivity index (χ0v) is 9.56. The van der Waals surface area contributed by atoms with Crippen LogP contribution in [0.2, 0.25) is 0 Å². The van der Waals surface area contributed by atoms with Gasteiger partial charge in [-0.2, -0.15) is 0 Å². The topological polar surface area (TPSA) is 32.3 Å². The summed E-state index contributed by atoms with van der Waals surface area (Å²) in [5.74, 6) is -4.12. The van der Waals surface area contributed by atoms with Gasteiger partial charge in [0.25, 0.3) is 0 Å². The van der Waals surface area contributed by atoms with Crippen LogP contribution in [0.4, 0.5) is 13.2 Å². The number of nitrogens with one attached hydrogen (secondary N) is 1. The highest BCUT2D eigenvalue weighted by Gasteiger charge is 2.10. The SMILES string of the molecule is CN(C)C(=O)CNCc1cc(F)c(F)c(F)c1. The maximum absolute atomic E-state index is 12.8. The Morgan fingerprint density at radius 2 is 1.76 bits per heavy atom. The molecule has 0 unspecified atom stereocenters. The summed E-state index contributed by atoms with van der Waals surface area (Å²) < 4.78 is 38.3. The number of nitrogens with zero attached hydrogens (tertiary/aromatic N) is 1. The van der Waals surface area contributed by atoms with Gasteiger partial charge in [0.1, 0.15) is 0 Å². The van der Waals surface area contributed by atoms with Crippen molar-refractivity contribution < 1.29 is 18.0 Å². The van der Waals surface area contributed by atoms with E-state index in [0.717, 1.165) is 12.1 Å². The average Bonchev–Trinajstić information content (AvgIpc) is 2.25. The van der Waals surface area contributed by atoms with Crippen molar-refractivity contribution in [2.45, 2.75) is 6.54 Å². The fraction of sp³-hybridized carbons (Fsp3) is 0.364. The maximum atomic E-state index is 12.8. The molecule has 0 heterocycles. The third-order valence-corrected chi connectivity index (χ3v) is 2.15. The van der Waals surface area contributed by atoms with Gasteiger partial charge >= 0.3 is 0 Å². The first-order valence-corrected chi connectivity index (χ1v) is 4.96. The molecule has 6 heteroatoms. The van der Waals surface area contributed by atoms with Crippen LogP contribution < -0.4 is 5.32 Å². The second-order valence-corrected chi connectivity index (χ2v) is 3.77. The van der Waals surface area contributed by atoms with Crippen molar-refractivity contribution in [1.82, 2.24) is 10.2 Å². The molecule has 94 valence electrons. The highest BCUT2D eigenvalue weighted by atomic mass is 19.2. The van der Waals surface area contributed by atoms with Crippen molar-refractivity contribution in [2.24, 2.45) is 0 Å². The number of carbonyl (C=O) groups excluding carboxylic acids is 1. The number of hydrogen-bond donors (Lipinski definition) is 1. The predicted octanol–water partition coefficient (Wildman–Crippen LogP) is 1.28. The Hall–Kier alpha value is -1.56. The molecule has 0 fully saturated rings. The summed E-state index contributed by atoms with van der Waals surface area (Å²) in [7, 11) is 3.20. The van der Waals surface area contributed by atoms with Crippen LogP contribution in [0.1, 0.15) is 5.56 Å². The number of benzene rings is 1. The molecule has 0 aliphatic heterocycles. The molecule has 1 amide bonds. The van der Waals surface area contributed by atoms with E-state index in [4.69, 9.17) is 0 Å². The average molecular weight is 246 g/mol. The van der Waals surface area contributed by atoms with Crippen LogP contribution in [0.15, 0.2) is 12.1 Å². The van der Waals surface area contributed by atoms with Crippen LogP contribution in [0.3, 0.4) is 0 Å². The third-order valence-electron chi connectivity index (χ3n) is 2.15. The number of rotatable bonds is 4. The molecule has 0 aliphatic rings. The van der Waals surface area contributed by atoms with E-state index in [1.54, 1.807) is 14.1 Å². The van der Waals surface area contributed by atoms with Gasteiger partial charge in [0, 0.05) is 20.6 Å². The number of hydrogen-bond acceptors (Lipinski definition) is 2. The van der Waals surface area contributed by atoms with E-state index in [-0.39, 0.29) is 24.6 Å². The highest BCUT2D eigenvalue weighted by Crippen LogP contribution is 2.13. The smallest absolute Gasteiger partial charge is 0.236 e. The molecule has 0 saturated heterocycles. The van der Waals surface area contributed by atoms with Crippen molar-refractivity contribution in [3.63, 3.8) is 0 Å². The van der Waals surface area contributed by atoms with Crippen molar-refractivity contribution in [3.05, 3.63) is 35.1 Å². The molecule has 1 rings (SSSR count). The molecule has 0 aliphatic carbocycles. The minimum Gasteiger partial charge on any atom is -0.348 e. The van der Waals surface area contributed by atoms with E-state index < -0.39 is 17.5 Å². The molecule has 1 aromatic rings. The molecule has 0 spiro atoms. The maximum Gasteiger partial charge on any atom is 0.236 e. The molecule has 0 radical (unpaired) electrons. The third kappa shape index (κ3) is 3.74. The lowest BCUT2D eigenvalue weighted by Crippen LogP contribution is -2.32. The fourth-order valence-electron chi connectivity index (χ4n) is 1.18. The van der Waals surface area contributed by atoms with Crippen LogP contribution in [-0.4, -0.2) is 31.4 Å². The van der Waals surface area contributed by atoms with Crippen molar-refractivity contribution >= 4 is 5.91 Å². The molecule has 1 N–H and O–H groups in total. The molecule has 0 aromatic heterocycles. The molecule has 1 aromatic carbocycles. The van der Waals surface area contributed by atoms with Crippen molar-refractivity contribution in [2.75, 3.05) is 20.6 Å². The van der Waals surface area contributed by atoms with Gasteiger partial charge in [-0.25, -0.2) is 13.2 Å². The molecule has 0 saturated carbocycles. The standard InChI is InChI=1S/C11H13F3N2O/c1-16(2)10(17)6-15-5-7-3-8(12)11(14)9(13)4-7/h3-4,15H,5-6H2,1-2H3. The lowest BCUT2D eigenvalue weighted by atomic mass is 10.2. The Balaban J connectivity index is 2.56. The monoisotopic (exact) mass is 246 g/mol. The molecule has 3 nitrogen and oxygen atoms in total. The first-order valence-electron chi connectivity index (χ1n) is 4.96. The van der Waals surface area contributed by atoms with Gasteiger partial charge in [-0.1, -0.05) is 0 Å². The normalized spacial score (nSPS) is 10.4. The van der Waals surface area contributed by atoms with Crippen LogP contribution in [0.5, 0.6) is 0 Å². The second kappa shape index (κ2) is 5.67. The first kappa shape index (κ1) is 13.5. The molecule has 17 heavy (non-hydrogen) atoms. The van der Waals surface area contributed by atoms with Gasteiger partial charge < -0.3 is 10.2 Å². The summed E-state index contributed by atoms with van der Waals surface area (Å²) in [6.45, 7) is 0.140. The lowest BCUT2D eigenvalue weighted by Gasteiger charge is -2.11. The first-order chi connectivity index (χ1) is 7.91. The van der Waals surface area contributed by atoms with Crippen LogP contribution in [-0.2, 0) is 11.3 Å². The van der Waals surface area contributed by atoms with Gasteiger partial charge in [0.2, 0.25) is 5.91 Å². The molecule has 0 bridgehead atoms. The summed E-state index contributed by atoms with van der Waals surface area (Å²) in [5, 5.41) is 2.71. The zero-order valence-electron chi connectivity index (χ0n) is 9.56. The Morgan fingerprint density at radius 1 is 1.24 bits per heavy atom. The predicted molar refractivity (Wildman–Crippen MR) is 56.7 cm³/mol. The van der Waals surface area contributed by atoms with Gasteiger partial charge in [-0.3, -0.25) is 4.79 Å². The number of likely N-dealkylation sites (N-methyl/N-ethyl adjacent to an activating group) is 1. The highest BCUT2D eigenvalue weighted by molar-refractivity contribution is 5.77. The minimum absolute atomic E-state index is 0.0492. The van der Waals surface area contributed by atoms with E-state index in [1.807, 2.05) is 0 Å². The molecular formula is C11H13F3N2O. The number of carbonyl (C=O) groups is 1. The van der Waals surface area contributed by atoms with E-state index in [0.29, 0.717) is 0 Å². The van der Waals surface area contributed by atoms with Crippen LogP contribution in [0, 0.1) is 17.5 Å². The van der Waals surface area contributed by atoms with Gasteiger partial charge in [0.15, 0.2) is 17.5 Å². The number of halogens is 3. The summed E-state index contributed by atoms with van der Waals surface area (Å²) in [6, 6.07) is 1.79. The fourth-order valence-corrected chi connectivity index (χ4v) is 1.18. The van der Waals surface area contributed by atoms with E-state index in [1.165, 1.54) is 4.90 Å². The largest absolute Gasteiger partial charge is 0.348 e. The Kier molecular flexibility index (Phi) is 4.51.